The van der Waals surface area contributed by atoms with Crippen LogP contribution >= 0.6 is 0 Å². The highest BCUT2D eigenvalue weighted by atomic mass is 16.5. The van der Waals surface area contributed by atoms with E-state index in [9.17, 15) is 0 Å². The van der Waals surface area contributed by atoms with Crippen LogP contribution in [0, 0.1) is 5.92 Å². The van der Waals surface area contributed by atoms with Crippen LogP contribution in [0.5, 0.6) is 0 Å². The van der Waals surface area contributed by atoms with Crippen LogP contribution in [0.3, 0.4) is 0 Å². The Labute approximate surface area is 122 Å². The second-order valence-electron chi connectivity index (χ2n) is 6.37. The molecule has 2 unspecified atom stereocenters. The molecule has 1 N–H and O–H groups in total. The summed E-state index contributed by atoms with van der Waals surface area (Å²) in [6.45, 7) is 5.12. The summed E-state index contributed by atoms with van der Waals surface area (Å²) >= 11 is 0. The van der Waals surface area contributed by atoms with Crippen LogP contribution in [0.15, 0.2) is 24.3 Å². The molecule has 3 rings (SSSR count). The number of nitrogens with one attached hydrogen (secondary N) is 1. The zero-order chi connectivity index (χ0) is 13.8. The number of hydrogen-bond donors (Lipinski definition) is 1. The Bertz CT molecular complexity index is 404. The van der Waals surface area contributed by atoms with Crippen molar-refractivity contribution < 1.29 is 4.74 Å². The molecule has 0 aromatic heterocycles. The highest BCUT2D eigenvalue weighted by Crippen LogP contribution is 2.37. The molecule has 110 valence electrons. The fourth-order valence-corrected chi connectivity index (χ4v) is 3.43. The number of hydrogen-bond acceptors (Lipinski definition) is 2. The Morgan fingerprint density at radius 1 is 1.20 bits per heavy atom. The van der Waals surface area contributed by atoms with Crippen molar-refractivity contribution in [2.24, 2.45) is 5.92 Å². The van der Waals surface area contributed by atoms with E-state index in [1.54, 1.807) is 5.56 Å². The number of ether oxygens (including phenoxy) is 1. The minimum Gasteiger partial charge on any atom is -0.381 e. The molecule has 2 heteroatoms. The van der Waals surface area contributed by atoms with Gasteiger partial charge in [0.25, 0.3) is 0 Å². The molecule has 2 aliphatic rings. The Morgan fingerprint density at radius 2 is 2.00 bits per heavy atom. The highest BCUT2D eigenvalue weighted by Gasteiger charge is 2.22. The van der Waals surface area contributed by atoms with Crippen molar-refractivity contribution in [2.45, 2.75) is 51.0 Å². The summed E-state index contributed by atoms with van der Waals surface area (Å²) in [5, 5.41) is 3.65. The fourth-order valence-electron chi connectivity index (χ4n) is 3.43. The highest BCUT2D eigenvalue weighted by molar-refractivity contribution is 5.28. The first-order valence-electron chi connectivity index (χ1n) is 8.27. The van der Waals surface area contributed by atoms with Gasteiger partial charge in [-0.1, -0.05) is 37.6 Å². The van der Waals surface area contributed by atoms with Crippen LogP contribution in [0.4, 0.5) is 0 Å². The third-order valence-corrected chi connectivity index (χ3v) is 4.96. The van der Waals surface area contributed by atoms with Gasteiger partial charge in [-0.05, 0) is 55.2 Å². The summed E-state index contributed by atoms with van der Waals surface area (Å²) in [6.07, 6.45) is 6.61. The second kappa shape index (κ2) is 6.73. The van der Waals surface area contributed by atoms with Crippen molar-refractivity contribution >= 4 is 0 Å². The van der Waals surface area contributed by atoms with Crippen LogP contribution < -0.4 is 5.32 Å². The van der Waals surface area contributed by atoms with E-state index in [1.165, 1.54) is 37.7 Å². The molecule has 1 aliphatic carbocycles. The van der Waals surface area contributed by atoms with Crippen LogP contribution in [0.2, 0.25) is 0 Å². The van der Waals surface area contributed by atoms with Crippen molar-refractivity contribution in [3.05, 3.63) is 35.4 Å². The second-order valence-corrected chi connectivity index (χ2v) is 6.37. The van der Waals surface area contributed by atoms with Crippen molar-refractivity contribution in [1.82, 2.24) is 5.32 Å². The molecule has 0 bridgehead atoms. The SMILES string of the molecule is CCNC(CC1CCOC1)c1ccc(C2CCC2)cc1. The van der Waals surface area contributed by atoms with Gasteiger partial charge in [0.05, 0.1) is 0 Å². The Kier molecular flexibility index (Phi) is 4.74. The van der Waals surface area contributed by atoms with Crippen LogP contribution in [-0.4, -0.2) is 19.8 Å². The van der Waals surface area contributed by atoms with Gasteiger partial charge in [-0.15, -0.1) is 0 Å². The third kappa shape index (κ3) is 3.24. The lowest BCUT2D eigenvalue weighted by atomic mass is 9.79. The summed E-state index contributed by atoms with van der Waals surface area (Å²) in [4.78, 5) is 0. The molecule has 1 heterocycles. The first-order chi connectivity index (χ1) is 9.86. The number of benzene rings is 1. The summed E-state index contributed by atoms with van der Waals surface area (Å²) < 4.78 is 5.52. The Balaban J connectivity index is 1.65. The minimum absolute atomic E-state index is 0.488. The standard InChI is InChI=1S/C18H27NO/c1-2-19-18(12-14-10-11-20-13-14)17-8-6-16(7-9-17)15-4-3-5-15/h6-9,14-15,18-19H,2-5,10-13H2,1H3. The van der Waals surface area contributed by atoms with E-state index in [1.807, 2.05) is 0 Å². The molecule has 0 radical (unpaired) electrons. The maximum absolute atomic E-state index is 5.52. The molecular formula is C18H27NO. The summed E-state index contributed by atoms with van der Waals surface area (Å²) in [5.41, 5.74) is 2.99. The lowest BCUT2D eigenvalue weighted by molar-refractivity contribution is 0.181. The van der Waals surface area contributed by atoms with Crippen LogP contribution in [0.1, 0.15) is 62.1 Å². The maximum Gasteiger partial charge on any atom is 0.0495 e. The smallest absolute Gasteiger partial charge is 0.0495 e. The van der Waals surface area contributed by atoms with Gasteiger partial charge in [-0.25, -0.2) is 0 Å². The average Bonchev–Trinajstić information content (AvgIpc) is 2.90. The van der Waals surface area contributed by atoms with Gasteiger partial charge in [-0.2, -0.15) is 0 Å². The van der Waals surface area contributed by atoms with Gasteiger partial charge in [0.15, 0.2) is 0 Å². The minimum atomic E-state index is 0.488. The molecule has 1 aromatic carbocycles. The lowest BCUT2D eigenvalue weighted by Gasteiger charge is -2.27. The van der Waals surface area contributed by atoms with Gasteiger partial charge in [0.1, 0.15) is 0 Å². The molecule has 1 aliphatic heterocycles. The fraction of sp³-hybridized carbons (Fsp3) is 0.667. The van der Waals surface area contributed by atoms with Gasteiger partial charge in [-0.3, -0.25) is 0 Å². The van der Waals surface area contributed by atoms with Crippen molar-refractivity contribution in [3.63, 3.8) is 0 Å². The molecule has 1 saturated carbocycles. The van der Waals surface area contributed by atoms with Gasteiger partial charge in [0.2, 0.25) is 0 Å². The molecule has 1 saturated heterocycles. The quantitative estimate of drug-likeness (QED) is 0.845. The summed E-state index contributed by atoms with van der Waals surface area (Å²) in [6, 6.07) is 9.89. The first-order valence-corrected chi connectivity index (χ1v) is 8.27. The third-order valence-electron chi connectivity index (χ3n) is 4.96. The summed E-state index contributed by atoms with van der Waals surface area (Å²) in [7, 11) is 0. The van der Waals surface area contributed by atoms with E-state index in [0.717, 1.165) is 31.6 Å². The molecule has 0 amide bonds. The molecule has 0 spiro atoms. The van der Waals surface area contributed by atoms with Crippen LogP contribution in [0.25, 0.3) is 0 Å². The first kappa shape index (κ1) is 14.1. The topological polar surface area (TPSA) is 21.3 Å². The average molecular weight is 273 g/mol. The number of rotatable bonds is 6. The molecule has 20 heavy (non-hydrogen) atoms. The van der Waals surface area contributed by atoms with E-state index >= 15 is 0 Å². The molecule has 2 fully saturated rings. The predicted octanol–water partition coefficient (Wildman–Crippen LogP) is 4.03. The predicted molar refractivity (Wildman–Crippen MR) is 83.0 cm³/mol. The molecular weight excluding hydrogens is 246 g/mol. The zero-order valence-corrected chi connectivity index (χ0v) is 12.6. The normalized spacial score (nSPS) is 24.6. The van der Waals surface area contributed by atoms with Crippen molar-refractivity contribution in [3.8, 4) is 0 Å². The Hall–Kier alpha value is -0.860. The molecule has 1 aromatic rings. The maximum atomic E-state index is 5.52. The molecule has 2 atom stereocenters. The van der Waals surface area contributed by atoms with Crippen molar-refractivity contribution in [1.29, 1.82) is 0 Å². The van der Waals surface area contributed by atoms with Gasteiger partial charge in [0, 0.05) is 19.3 Å². The van der Waals surface area contributed by atoms with E-state index in [0.29, 0.717) is 6.04 Å². The summed E-state index contributed by atoms with van der Waals surface area (Å²) in [5.74, 6) is 1.57. The monoisotopic (exact) mass is 273 g/mol. The van der Waals surface area contributed by atoms with Gasteiger partial charge < -0.3 is 10.1 Å². The van der Waals surface area contributed by atoms with E-state index in [4.69, 9.17) is 4.74 Å². The lowest BCUT2D eigenvalue weighted by Crippen LogP contribution is -2.23. The largest absolute Gasteiger partial charge is 0.381 e. The van der Waals surface area contributed by atoms with Gasteiger partial charge >= 0.3 is 0 Å². The van der Waals surface area contributed by atoms with E-state index in [2.05, 4.69) is 36.5 Å². The van der Waals surface area contributed by atoms with E-state index in [-0.39, 0.29) is 0 Å². The Morgan fingerprint density at radius 3 is 2.55 bits per heavy atom. The van der Waals surface area contributed by atoms with Crippen LogP contribution in [-0.2, 0) is 4.74 Å². The van der Waals surface area contributed by atoms with E-state index < -0.39 is 0 Å². The molecule has 2 nitrogen and oxygen atoms in total. The zero-order valence-electron chi connectivity index (χ0n) is 12.6. The van der Waals surface area contributed by atoms with Crippen molar-refractivity contribution in [2.75, 3.05) is 19.8 Å².